The third-order valence-corrected chi connectivity index (χ3v) is 3.95. The van der Waals surface area contributed by atoms with Gasteiger partial charge in [0.1, 0.15) is 5.75 Å². The third kappa shape index (κ3) is 2.63. The van der Waals surface area contributed by atoms with Gasteiger partial charge in [0.15, 0.2) is 0 Å². The minimum absolute atomic E-state index is 0.908. The topological polar surface area (TPSA) is 38.5 Å². The Bertz CT molecular complexity index is 592. The van der Waals surface area contributed by atoms with E-state index in [1.165, 1.54) is 16.7 Å². The maximum absolute atomic E-state index is 6.04. The fourth-order valence-electron chi connectivity index (χ4n) is 2.82. The zero-order valence-corrected chi connectivity index (χ0v) is 11.8. The van der Waals surface area contributed by atoms with Gasteiger partial charge in [0, 0.05) is 25.3 Å². The van der Waals surface area contributed by atoms with Crippen LogP contribution >= 0.6 is 0 Å². The fraction of sp³-hybridized carbons (Fsp3) is 0.294. The summed E-state index contributed by atoms with van der Waals surface area (Å²) in [5.74, 6) is 0.908. The molecule has 3 rings (SSSR count). The van der Waals surface area contributed by atoms with E-state index in [0.29, 0.717) is 0 Å². The number of anilines is 1. The molecule has 0 aromatic heterocycles. The van der Waals surface area contributed by atoms with E-state index in [0.717, 1.165) is 37.5 Å². The second-order valence-electron chi connectivity index (χ2n) is 5.29. The highest BCUT2D eigenvalue weighted by atomic mass is 16.5. The molecule has 1 aliphatic rings. The summed E-state index contributed by atoms with van der Waals surface area (Å²) in [6.07, 6.45) is 1.04. The van der Waals surface area contributed by atoms with Gasteiger partial charge >= 0.3 is 0 Å². The number of nitrogens with zero attached hydrogens (tertiary/aromatic N) is 1. The van der Waals surface area contributed by atoms with Crippen molar-refractivity contribution in [2.75, 3.05) is 19.4 Å². The molecule has 3 nitrogen and oxygen atoms in total. The Kier molecular flexibility index (Phi) is 3.61. The highest BCUT2D eigenvalue weighted by molar-refractivity contribution is 5.51. The van der Waals surface area contributed by atoms with E-state index in [9.17, 15) is 0 Å². The van der Waals surface area contributed by atoms with Crippen LogP contribution in [-0.4, -0.2) is 18.6 Å². The van der Waals surface area contributed by atoms with E-state index in [1.807, 2.05) is 24.3 Å². The van der Waals surface area contributed by atoms with Crippen LogP contribution in [-0.2, 0) is 19.5 Å². The molecular formula is C17H20N2O. The van der Waals surface area contributed by atoms with Crippen molar-refractivity contribution < 1.29 is 4.74 Å². The van der Waals surface area contributed by atoms with Crippen LogP contribution in [0.1, 0.15) is 16.7 Å². The Hall–Kier alpha value is -2.00. The first kappa shape index (κ1) is 13.0. The summed E-state index contributed by atoms with van der Waals surface area (Å²) in [5, 5.41) is 0. The number of rotatable bonds is 3. The average Bonchev–Trinajstić information content (AvgIpc) is 2.48. The lowest BCUT2D eigenvalue weighted by molar-refractivity contribution is 0.246. The summed E-state index contributed by atoms with van der Waals surface area (Å²) in [7, 11) is 1.70. The van der Waals surface area contributed by atoms with E-state index in [4.69, 9.17) is 10.5 Å². The van der Waals surface area contributed by atoms with Crippen molar-refractivity contribution in [1.82, 2.24) is 4.90 Å². The molecule has 3 heteroatoms. The number of nitrogen functional groups attached to an aromatic ring is 1. The normalized spacial score (nSPS) is 14.8. The van der Waals surface area contributed by atoms with Crippen molar-refractivity contribution in [1.29, 1.82) is 0 Å². The Morgan fingerprint density at radius 2 is 1.95 bits per heavy atom. The molecule has 0 radical (unpaired) electrons. The summed E-state index contributed by atoms with van der Waals surface area (Å²) in [6.45, 7) is 3.01. The van der Waals surface area contributed by atoms with Crippen molar-refractivity contribution in [2.24, 2.45) is 0 Å². The molecule has 0 unspecified atom stereocenters. The molecule has 0 spiro atoms. The summed E-state index contributed by atoms with van der Waals surface area (Å²) in [6, 6.07) is 14.5. The van der Waals surface area contributed by atoms with Crippen LogP contribution in [0.15, 0.2) is 42.5 Å². The number of methoxy groups -OCH3 is 1. The zero-order chi connectivity index (χ0) is 13.9. The van der Waals surface area contributed by atoms with Crippen LogP contribution in [0.3, 0.4) is 0 Å². The van der Waals surface area contributed by atoms with Crippen molar-refractivity contribution in [3.63, 3.8) is 0 Å². The van der Waals surface area contributed by atoms with Crippen LogP contribution in [0.5, 0.6) is 5.75 Å². The zero-order valence-electron chi connectivity index (χ0n) is 11.8. The Balaban J connectivity index is 1.70. The lowest BCUT2D eigenvalue weighted by atomic mass is 9.97. The lowest BCUT2D eigenvalue weighted by Crippen LogP contribution is -2.30. The van der Waals surface area contributed by atoms with Gasteiger partial charge in [0.2, 0.25) is 0 Å². The van der Waals surface area contributed by atoms with E-state index in [-0.39, 0.29) is 0 Å². The Labute approximate surface area is 120 Å². The van der Waals surface area contributed by atoms with Crippen LogP contribution in [0, 0.1) is 0 Å². The molecule has 2 aromatic rings. The maximum atomic E-state index is 6.04. The fourth-order valence-corrected chi connectivity index (χ4v) is 2.82. The molecule has 0 saturated carbocycles. The smallest absolute Gasteiger partial charge is 0.118 e. The van der Waals surface area contributed by atoms with E-state index >= 15 is 0 Å². The molecule has 1 heterocycles. The van der Waals surface area contributed by atoms with Gasteiger partial charge in [-0.25, -0.2) is 0 Å². The minimum atomic E-state index is 0.908. The predicted molar refractivity (Wildman–Crippen MR) is 81.7 cm³/mol. The number of benzene rings is 2. The Morgan fingerprint density at radius 1 is 1.15 bits per heavy atom. The van der Waals surface area contributed by atoms with Gasteiger partial charge in [-0.15, -0.1) is 0 Å². The van der Waals surface area contributed by atoms with E-state index in [2.05, 4.69) is 23.1 Å². The van der Waals surface area contributed by atoms with Gasteiger partial charge in [-0.3, -0.25) is 4.90 Å². The summed E-state index contributed by atoms with van der Waals surface area (Å²) in [4.78, 5) is 2.46. The van der Waals surface area contributed by atoms with Gasteiger partial charge in [-0.1, -0.05) is 24.3 Å². The molecular weight excluding hydrogens is 248 g/mol. The standard InChI is InChI=1S/C17H20N2O/c1-20-15-7-5-13(6-8-15)11-19-10-9-16-14(12-19)3-2-4-17(16)18/h2-8H,9-12,18H2,1H3. The number of fused-ring (bicyclic) bond motifs is 1. The molecule has 0 amide bonds. The predicted octanol–water partition coefficient (Wildman–Crippen LogP) is 2.84. The molecule has 0 fully saturated rings. The number of hydrogen-bond acceptors (Lipinski definition) is 3. The molecule has 2 aromatic carbocycles. The number of hydrogen-bond donors (Lipinski definition) is 1. The summed E-state index contributed by atoms with van der Waals surface area (Å²) < 4.78 is 5.19. The highest BCUT2D eigenvalue weighted by Crippen LogP contribution is 2.25. The first-order valence-corrected chi connectivity index (χ1v) is 6.98. The highest BCUT2D eigenvalue weighted by Gasteiger charge is 2.17. The van der Waals surface area contributed by atoms with Crippen molar-refractivity contribution in [3.05, 3.63) is 59.2 Å². The molecule has 20 heavy (non-hydrogen) atoms. The number of ether oxygens (including phenoxy) is 1. The molecule has 104 valence electrons. The van der Waals surface area contributed by atoms with Crippen molar-refractivity contribution >= 4 is 5.69 Å². The third-order valence-electron chi connectivity index (χ3n) is 3.95. The van der Waals surface area contributed by atoms with Crippen LogP contribution in [0.2, 0.25) is 0 Å². The summed E-state index contributed by atoms with van der Waals surface area (Å²) in [5.41, 5.74) is 11.0. The van der Waals surface area contributed by atoms with Gasteiger partial charge in [-0.05, 0) is 41.3 Å². The van der Waals surface area contributed by atoms with Crippen molar-refractivity contribution in [3.8, 4) is 5.75 Å². The first-order valence-electron chi connectivity index (χ1n) is 6.98. The monoisotopic (exact) mass is 268 g/mol. The first-order chi connectivity index (χ1) is 9.76. The molecule has 0 atom stereocenters. The van der Waals surface area contributed by atoms with Crippen LogP contribution in [0.25, 0.3) is 0 Å². The van der Waals surface area contributed by atoms with Gasteiger partial charge in [0.05, 0.1) is 7.11 Å². The molecule has 2 N–H and O–H groups in total. The second-order valence-corrected chi connectivity index (χ2v) is 5.29. The van der Waals surface area contributed by atoms with Crippen molar-refractivity contribution in [2.45, 2.75) is 19.5 Å². The molecule has 0 aliphatic carbocycles. The van der Waals surface area contributed by atoms with Gasteiger partial charge in [0.25, 0.3) is 0 Å². The lowest BCUT2D eigenvalue weighted by Gasteiger charge is -2.29. The average molecular weight is 268 g/mol. The number of nitrogens with two attached hydrogens (primary N) is 1. The van der Waals surface area contributed by atoms with Crippen LogP contribution in [0.4, 0.5) is 5.69 Å². The maximum Gasteiger partial charge on any atom is 0.118 e. The second kappa shape index (κ2) is 5.55. The van der Waals surface area contributed by atoms with E-state index < -0.39 is 0 Å². The SMILES string of the molecule is COc1ccc(CN2CCc3c(N)cccc3C2)cc1. The molecule has 0 saturated heterocycles. The molecule has 1 aliphatic heterocycles. The van der Waals surface area contributed by atoms with Gasteiger partial charge < -0.3 is 10.5 Å². The van der Waals surface area contributed by atoms with E-state index in [1.54, 1.807) is 7.11 Å². The Morgan fingerprint density at radius 3 is 2.70 bits per heavy atom. The minimum Gasteiger partial charge on any atom is -0.497 e. The van der Waals surface area contributed by atoms with Crippen LogP contribution < -0.4 is 10.5 Å². The quantitative estimate of drug-likeness (QED) is 0.870. The largest absolute Gasteiger partial charge is 0.497 e. The summed E-state index contributed by atoms with van der Waals surface area (Å²) >= 11 is 0. The molecule has 0 bridgehead atoms. The van der Waals surface area contributed by atoms with Gasteiger partial charge in [-0.2, -0.15) is 0 Å².